The second kappa shape index (κ2) is 5.45. The van der Waals surface area contributed by atoms with Crippen molar-refractivity contribution in [2.75, 3.05) is 39.5 Å². The van der Waals surface area contributed by atoms with Gasteiger partial charge in [0.25, 0.3) is 0 Å². The number of nitrogens with zero attached hydrogens (tertiary/aromatic N) is 2. The van der Waals surface area contributed by atoms with E-state index in [1.807, 2.05) is 0 Å². The summed E-state index contributed by atoms with van der Waals surface area (Å²) in [5, 5.41) is 0. The topological polar surface area (TPSA) is 66.6 Å². The molecule has 0 spiro atoms. The van der Waals surface area contributed by atoms with Gasteiger partial charge in [0.2, 0.25) is 10.0 Å². The first-order chi connectivity index (χ1) is 8.40. The lowest BCUT2D eigenvalue weighted by atomic mass is 9.99. The van der Waals surface area contributed by atoms with Crippen molar-refractivity contribution in [3.63, 3.8) is 0 Å². The van der Waals surface area contributed by atoms with Crippen LogP contribution in [0.4, 0.5) is 0 Å². The molecule has 1 saturated heterocycles. The Morgan fingerprint density at radius 3 is 2.50 bits per heavy atom. The molecule has 0 bridgehead atoms. The van der Waals surface area contributed by atoms with E-state index in [0.29, 0.717) is 18.4 Å². The van der Waals surface area contributed by atoms with E-state index >= 15 is 0 Å². The second-order valence-corrected chi connectivity index (χ2v) is 8.18. The van der Waals surface area contributed by atoms with Crippen molar-refractivity contribution >= 4 is 10.0 Å². The number of sulfonamides is 1. The van der Waals surface area contributed by atoms with Gasteiger partial charge in [-0.2, -0.15) is 0 Å². The largest absolute Gasteiger partial charge is 0.326 e. The molecule has 2 atom stereocenters. The van der Waals surface area contributed by atoms with Crippen molar-refractivity contribution in [2.45, 2.75) is 25.3 Å². The minimum absolute atomic E-state index is 0.236. The first-order valence-electron chi connectivity index (χ1n) is 6.78. The van der Waals surface area contributed by atoms with Crippen LogP contribution in [-0.2, 0) is 10.0 Å². The quantitative estimate of drug-likeness (QED) is 0.737. The lowest BCUT2D eigenvalue weighted by molar-refractivity contribution is 0.317. The highest BCUT2D eigenvalue weighted by Crippen LogP contribution is 2.40. The Balaban J connectivity index is 1.72. The number of rotatable bonds is 6. The van der Waals surface area contributed by atoms with Crippen LogP contribution in [0.3, 0.4) is 0 Å². The van der Waals surface area contributed by atoms with Gasteiger partial charge < -0.3 is 10.6 Å². The van der Waals surface area contributed by atoms with E-state index in [4.69, 9.17) is 5.73 Å². The van der Waals surface area contributed by atoms with Crippen LogP contribution in [0.2, 0.25) is 0 Å². The minimum Gasteiger partial charge on any atom is -0.326 e. The molecule has 1 heterocycles. The standard InChI is InChI=1S/C12H25N3O2S/c1-14(2)18(16,17)7-3-6-15-8-11(10-4-5-10)12(13)9-15/h10-12H,3-9,13H2,1-2H3/t11-,12+/m0/s1. The van der Waals surface area contributed by atoms with Crippen LogP contribution in [0, 0.1) is 11.8 Å². The van der Waals surface area contributed by atoms with Crippen LogP contribution in [0.25, 0.3) is 0 Å². The summed E-state index contributed by atoms with van der Waals surface area (Å²) < 4.78 is 24.6. The van der Waals surface area contributed by atoms with Crippen molar-refractivity contribution in [3.05, 3.63) is 0 Å². The average molecular weight is 275 g/mol. The monoisotopic (exact) mass is 275 g/mol. The van der Waals surface area contributed by atoms with E-state index in [9.17, 15) is 8.42 Å². The molecule has 2 aliphatic rings. The van der Waals surface area contributed by atoms with Gasteiger partial charge in [-0.25, -0.2) is 12.7 Å². The van der Waals surface area contributed by atoms with E-state index in [0.717, 1.165) is 25.6 Å². The van der Waals surface area contributed by atoms with E-state index in [1.54, 1.807) is 14.1 Å². The van der Waals surface area contributed by atoms with Crippen molar-refractivity contribution in [3.8, 4) is 0 Å². The number of hydrogen-bond acceptors (Lipinski definition) is 4. The summed E-state index contributed by atoms with van der Waals surface area (Å²) in [7, 11) is 0.130. The molecular weight excluding hydrogens is 250 g/mol. The highest BCUT2D eigenvalue weighted by Gasteiger charge is 2.40. The lowest BCUT2D eigenvalue weighted by Gasteiger charge is -2.16. The van der Waals surface area contributed by atoms with E-state index in [1.165, 1.54) is 17.1 Å². The Bertz CT molecular complexity index is 379. The fraction of sp³-hybridized carbons (Fsp3) is 1.00. The predicted molar refractivity (Wildman–Crippen MR) is 72.7 cm³/mol. The number of nitrogens with two attached hydrogens (primary N) is 1. The van der Waals surface area contributed by atoms with Crippen molar-refractivity contribution in [2.24, 2.45) is 17.6 Å². The summed E-state index contributed by atoms with van der Waals surface area (Å²) in [5.74, 6) is 1.73. The fourth-order valence-corrected chi connectivity index (χ4v) is 3.66. The third-order valence-corrected chi connectivity index (χ3v) is 6.07. The Hall–Kier alpha value is -0.170. The Morgan fingerprint density at radius 1 is 1.28 bits per heavy atom. The third-order valence-electron chi connectivity index (χ3n) is 4.15. The predicted octanol–water partition coefficient (Wildman–Crippen LogP) is -0.0630. The summed E-state index contributed by atoms with van der Waals surface area (Å²) in [6, 6.07) is 0.294. The first kappa shape index (κ1) is 14.2. The van der Waals surface area contributed by atoms with Crippen molar-refractivity contribution in [1.82, 2.24) is 9.21 Å². The molecule has 18 heavy (non-hydrogen) atoms. The van der Waals surface area contributed by atoms with Gasteiger partial charge in [-0.15, -0.1) is 0 Å². The van der Waals surface area contributed by atoms with Crippen LogP contribution >= 0.6 is 0 Å². The van der Waals surface area contributed by atoms with Gasteiger partial charge in [-0.05, 0) is 37.6 Å². The molecule has 0 aromatic heterocycles. The van der Waals surface area contributed by atoms with E-state index < -0.39 is 10.0 Å². The van der Waals surface area contributed by atoms with Gasteiger partial charge in [0.05, 0.1) is 5.75 Å². The SMILES string of the molecule is CN(C)S(=O)(=O)CCCN1C[C@@H](N)[C@H](C2CC2)C1. The Kier molecular flexibility index (Phi) is 4.31. The molecule has 2 rings (SSSR count). The molecule has 106 valence electrons. The van der Waals surface area contributed by atoms with Crippen LogP contribution in [0.1, 0.15) is 19.3 Å². The number of hydrogen-bond donors (Lipinski definition) is 1. The zero-order chi connectivity index (χ0) is 13.3. The van der Waals surface area contributed by atoms with E-state index in [-0.39, 0.29) is 5.75 Å². The van der Waals surface area contributed by atoms with Crippen LogP contribution in [0.15, 0.2) is 0 Å². The number of likely N-dealkylation sites (tertiary alicyclic amines) is 1. The molecule has 0 aromatic rings. The van der Waals surface area contributed by atoms with Crippen LogP contribution in [-0.4, -0.2) is 63.1 Å². The van der Waals surface area contributed by atoms with Crippen molar-refractivity contribution < 1.29 is 8.42 Å². The molecule has 1 aliphatic heterocycles. The second-order valence-electron chi connectivity index (χ2n) is 5.88. The average Bonchev–Trinajstić information content (AvgIpc) is 3.03. The summed E-state index contributed by atoms with van der Waals surface area (Å²) in [5.41, 5.74) is 6.15. The van der Waals surface area contributed by atoms with Gasteiger partial charge in [-0.3, -0.25) is 0 Å². The summed E-state index contributed by atoms with van der Waals surface area (Å²) >= 11 is 0. The summed E-state index contributed by atoms with van der Waals surface area (Å²) in [4.78, 5) is 2.33. The molecule has 0 radical (unpaired) electrons. The molecule has 0 amide bonds. The zero-order valence-corrected chi connectivity index (χ0v) is 12.2. The smallest absolute Gasteiger partial charge is 0.213 e. The molecule has 0 unspecified atom stereocenters. The zero-order valence-electron chi connectivity index (χ0n) is 11.4. The molecule has 2 N–H and O–H groups in total. The van der Waals surface area contributed by atoms with Crippen molar-refractivity contribution in [1.29, 1.82) is 0 Å². The minimum atomic E-state index is -3.05. The third kappa shape index (κ3) is 3.44. The summed E-state index contributed by atoms with van der Waals surface area (Å²) in [6.07, 6.45) is 3.37. The highest BCUT2D eigenvalue weighted by atomic mass is 32.2. The summed E-state index contributed by atoms with van der Waals surface area (Å²) in [6.45, 7) is 2.85. The van der Waals surface area contributed by atoms with Gasteiger partial charge in [0.15, 0.2) is 0 Å². The molecule has 0 aromatic carbocycles. The van der Waals surface area contributed by atoms with Crippen LogP contribution in [0.5, 0.6) is 0 Å². The first-order valence-corrected chi connectivity index (χ1v) is 8.39. The Morgan fingerprint density at radius 2 is 1.94 bits per heavy atom. The van der Waals surface area contributed by atoms with Gasteiger partial charge in [0.1, 0.15) is 0 Å². The molecule has 6 heteroatoms. The maximum atomic E-state index is 11.6. The molecule has 1 aliphatic carbocycles. The molecular formula is C12H25N3O2S. The van der Waals surface area contributed by atoms with E-state index in [2.05, 4.69) is 4.90 Å². The molecule has 2 fully saturated rings. The van der Waals surface area contributed by atoms with Gasteiger partial charge in [0, 0.05) is 33.2 Å². The Labute approximate surface area is 110 Å². The molecule has 5 nitrogen and oxygen atoms in total. The fourth-order valence-electron chi connectivity index (χ4n) is 2.80. The van der Waals surface area contributed by atoms with Gasteiger partial charge >= 0.3 is 0 Å². The van der Waals surface area contributed by atoms with Crippen LogP contribution < -0.4 is 5.73 Å². The highest BCUT2D eigenvalue weighted by molar-refractivity contribution is 7.89. The normalized spacial score (nSPS) is 30.2. The molecule has 1 saturated carbocycles. The lowest BCUT2D eigenvalue weighted by Crippen LogP contribution is -2.31. The maximum Gasteiger partial charge on any atom is 0.213 e. The van der Waals surface area contributed by atoms with Gasteiger partial charge in [-0.1, -0.05) is 0 Å². The maximum absolute atomic E-state index is 11.6.